The van der Waals surface area contributed by atoms with Crippen LogP contribution in [0.5, 0.6) is 5.75 Å². The second-order valence-electron chi connectivity index (χ2n) is 6.44. The number of hydrogen-bond donors (Lipinski definition) is 2. The molecule has 0 spiro atoms. The summed E-state index contributed by atoms with van der Waals surface area (Å²) in [7, 11) is -2.47. The van der Waals surface area contributed by atoms with E-state index in [2.05, 4.69) is 21.2 Å². The molecule has 1 aliphatic heterocycles. The van der Waals surface area contributed by atoms with Gasteiger partial charge in [-0.3, -0.25) is 4.98 Å². The van der Waals surface area contributed by atoms with E-state index in [1.807, 2.05) is 0 Å². The minimum Gasteiger partial charge on any atom is -0.497 e. The molecule has 2 aromatic carbocycles. The van der Waals surface area contributed by atoms with Gasteiger partial charge in [-0.25, -0.2) is 23.8 Å². The number of rotatable bonds is 6. The summed E-state index contributed by atoms with van der Waals surface area (Å²) in [5.41, 5.74) is 6.34. The van der Waals surface area contributed by atoms with Crippen molar-refractivity contribution in [1.82, 2.24) is 16.1 Å². The number of aromatic nitrogens is 1. The van der Waals surface area contributed by atoms with Crippen LogP contribution in [-0.2, 0) is 14.6 Å². The van der Waals surface area contributed by atoms with Crippen molar-refractivity contribution in [2.75, 3.05) is 18.7 Å². The van der Waals surface area contributed by atoms with Gasteiger partial charge in [-0.15, -0.1) is 5.53 Å². The van der Waals surface area contributed by atoms with Crippen LogP contribution in [0.4, 0.5) is 5.69 Å². The van der Waals surface area contributed by atoms with Crippen molar-refractivity contribution < 1.29 is 22.7 Å². The summed E-state index contributed by atoms with van der Waals surface area (Å²) in [6.07, 6.45) is 2.67. The molecular weight excluding hydrogens is 422 g/mol. The predicted octanol–water partition coefficient (Wildman–Crippen LogP) is 2.03. The average Bonchev–Trinajstić information content (AvgIpc) is 3.32. The number of sulfone groups is 1. The number of carbonyl (C=O) groups is 1. The van der Waals surface area contributed by atoms with E-state index in [1.165, 1.54) is 36.8 Å². The number of fused-ring (bicyclic) bond motifs is 1. The van der Waals surface area contributed by atoms with Crippen LogP contribution < -0.4 is 20.8 Å². The Labute approximate surface area is 178 Å². The number of methoxy groups -OCH3 is 1. The SMILES string of the molecule is CCOC(=O)c1ccc2ncc(S(=O)(=O)c3ccc(OC)cc3)c(N3C=NNN3)c2c1. The fourth-order valence-corrected chi connectivity index (χ4v) is 4.54. The Morgan fingerprint density at radius 3 is 2.58 bits per heavy atom. The Morgan fingerprint density at radius 2 is 1.94 bits per heavy atom. The van der Waals surface area contributed by atoms with Crippen LogP contribution in [0, 0.1) is 0 Å². The number of pyridine rings is 1. The van der Waals surface area contributed by atoms with E-state index in [-0.39, 0.29) is 27.6 Å². The average molecular weight is 441 g/mol. The number of nitrogens with one attached hydrogen (secondary N) is 2. The lowest BCUT2D eigenvalue weighted by molar-refractivity contribution is 0.0526. The third-order valence-corrected chi connectivity index (χ3v) is 6.40. The first kappa shape index (κ1) is 20.6. The molecule has 1 aromatic heterocycles. The number of carbonyl (C=O) groups excluding carboxylic acids is 1. The summed E-state index contributed by atoms with van der Waals surface area (Å²) in [6.45, 7) is 1.93. The van der Waals surface area contributed by atoms with Crippen LogP contribution in [0.25, 0.3) is 10.9 Å². The molecule has 2 N–H and O–H groups in total. The number of anilines is 1. The number of nitrogens with zero attached hydrogens (tertiary/aromatic N) is 3. The largest absolute Gasteiger partial charge is 0.497 e. The highest BCUT2D eigenvalue weighted by molar-refractivity contribution is 7.91. The van der Waals surface area contributed by atoms with Crippen molar-refractivity contribution in [3.05, 3.63) is 54.2 Å². The molecule has 160 valence electrons. The molecule has 0 saturated carbocycles. The minimum absolute atomic E-state index is 0.0613. The minimum atomic E-state index is -3.97. The lowest BCUT2D eigenvalue weighted by Crippen LogP contribution is -2.38. The van der Waals surface area contributed by atoms with Gasteiger partial charge in [0.05, 0.1) is 35.4 Å². The third kappa shape index (κ3) is 3.76. The van der Waals surface area contributed by atoms with Gasteiger partial charge in [0.2, 0.25) is 9.84 Å². The van der Waals surface area contributed by atoms with Crippen molar-refractivity contribution in [3.63, 3.8) is 0 Å². The van der Waals surface area contributed by atoms with Gasteiger partial charge >= 0.3 is 5.97 Å². The fourth-order valence-electron chi connectivity index (χ4n) is 3.14. The van der Waals surface area contributed by atoms with Crippen LogP contribution in [-0.4, -0.2) is 39.4 Å². The molecule has 1 aliphatic rings. The van der Waals surface area contributed by atoms with Crippen LogP contribution in [0.1, 0.15) is 17.3 Å². The highest BCUT2D eigenvalue weighted by atomic mass is 32.2. The molecule has 0 bridgehead atoms. The van der Waals surface area contributed by atoms with Gasteiger partial charge in [0, 0.05) is 11.6 Å². The summed E-state index contributed by atoms with van der Waals surface area (Å²) in [5, 5.41) is 5.72. The maximum Gasteiger partial charge on any atom is 0.338 e. The van der Waals surface area contributed by atoms with Gasteiger partial charge < -0.3 is 9.47 Å². The molecule has 0 saturated heterocycles. The highest BCUT2D eigenvalue weighted by Gasteiger charge is 2.28. The highest BCUT2D eigenvalue weighted by Crippen LogP contribution is 2.36. The molecule has 10 nitrogen and oxygen atoms in total. The third-order valence-electron chi connectivity index (χ3n) is 4.63. The molecule has 11 heteroatoms. The van der Waals surface area contributed by atoms with Crippen molar-refractivity contribution in [1.29, 1.82) is 0 Å². The lowest BCUT2D eigenvalue weighted by atomic mass is 10.1. The molecule has 2 heterocycles. The van der Waals surface area contributed by atoms with Gasteiger partial charge in [-0.2, -0.15) is 5.10 Å². The monoisotopic (exact) mass is 441 g/mol. The molecule has 0 atom stereocenters. The number of esters is 1. The standard InChI is InChI=1S/C20H19N5O5S/c1-3-30-20(26)13-4-9-17-16(10-13)19(25-12-22-23-24-25)18(11-21-17)31(27,28)15-7-5-14(29-2)6-8-15/h4-12,23-24H,3H2,1-2H3. The Balaban J connectivity index is 1.94. The summed E-state index contributed by atoms with van der Waals surface area (Å²) in [4.78, 5) is 16.6. The molecule has 31 heavy (non-hydrogen) atoms. The van der Waals surface area contributed by atoms with E-state index in [9.17, 15) is 13.2 Å². The summed E-state index contributed by atoms with van der Waals surface area (Å²) in [6, 6.07) is 10.8. The van der Waals surface area contributed by atoms with Crippen LogP contribution in [0.15, 0.2) is 63.6 Å². The topological polar surface area (TPSA) is 122 Å². The van der Waals surface area contributed by atoms with E-state index in [1.54, 1.807) is 37.3 Å². The first-order valence-corrected chi connectivity index (χ1v) is 10.8. The zero-order valence-corrected chi connectivity index (χ0v) is 17.5. The second kappa shape index (κ2) is 8.20. The summed E-state index contributed by atoms with van der Waals surface area (Å²) < 4.78 is 37.2. The summed E-state index contributed by atoms with van der Waals surface area (Å²) >= 11 is 0. The van der Waals surface area contributed by atoms with Gasteiger partial charge in [-0.1, -0.05) is 0 Å². The van der Waals surface area contributed by atoms with Crippen LogP contribution >= 0.6 is 0 Å². The number of hydrazine groups is 2. The molecule has 0 aliphatic carbocycles. The van der Waals surface area contributed by atoms with Crippen LogP contribution in [0.3, 0.4) is 0 Å². The van der Waals surface area contributed by atoms with Crippen molar-refractivity contribution in [2.24, 2.45) is 5.10 Å². The van der Waals surface area contributed by atoms with E-state index < -0.39 is 15.8 Å². The zero-order valence-electron chi connectivity index (χ0n) is 16.7. The Bertz CT molecular complexity index is 1280. The van der Waals surface area contributed by atoms with Gasteiger partial charge in [0.25, 0.3) is 0 Å². The Morgan fingerprint density at radius 1 is 1.16 bits per heavy atom. The van der Waals surface area contributed by atoms with Gasteiger partial charge in [0.1, 0.15) is 17.0 Å². The van der Waals surface area contributed by atoms with Crippen molar-refractivity contribution in [2.45, 2.75) is 16.7 Å². The van der Waals surface area contributed by atoms with Crippen molar-refractivity contribution >= 4 is 38.7 Å². The Hall–Kier alpha value is -3.70. The number of ether oxygens (including phenoxy) is 2. The number of benzene rings is 2. The van der Waals surface area contributed by atoms with E-state index in [0.717, 1.165) is 0 Å². The molecule has 0 radical (unpaired) electrons. The Kier molecular flexibility index (Phi) is 5.44. The molecule has 4 rings (SSSR count). The number of hydrogen-bond acceptors (Lipinski definition) is 10. The summed E-state index contributed by atoms with van der Waals surface area (Å²) in [5.74, 6) is 0.0207. The van der Waals surface area contributed by atoms with Crippen molar-refractivity contribution in [3.8, 4) is 5.75 Å². The molecule has 0 amide bonds. The molecular formula is C20H19N5O5S. The zero-order chi connectivity index (χ0) is 22.0. The van der Waals surface area contributed by atoms with E-state index in [4.69, 9.17) is 9.47 Å². The first-order valence-electron chi connectivity index (χ1n) is 9.28. The molecule has 3 aromatic rings. The normalized spacial score (nSPS) is 13.3. The maximum absolute atomic E-state index is 13.5. The lowest BCUT2D eigenvalue weighted by Gasteiger charge is -2.20. The van der Waals surface area contributed by atoms with E-state index >= 15 is 0 Å². The second-order valence-corrected chi connectivity index (χ2v) is 8.36. The van der Waals surface area contributed by atoms with Gasteiger partial charge in [0.15, 0.2) is 0 Å². The first-order chi connectivity index (χ1) is 15.0. The smallest absolute Gasteiger partial charge is 0.338 e. The molecule has 0 unspecified atom stereocenters. The van der Waals surface area contributed by atoms with E-state index in [0.29, 0.717) is 16.7 Å². The quantitative estimate of drug-likeness (QED) is 0.553. The maximum atomic E-state index is 13.5. The number of hydrazone groups is 1. The van der Waals surface area contributed by atoms with Gasteiger partial charge in [-0.05, 0) is 49.4 Å². The predicted molar refractivity (Wildman–Crippen MR) is 113 cm³/mol. The fraction of sp³-hybridized carbons (Fsp3) is 0.150. The molecule has 0 fully saturated rings. The van der Waals surface area contributed by atoms with Crippen LogP contribution in [0.2, 0.25) is 0 Å².